The predicted octanol–water partition coefficient (Wildman–Crippen LogP) is 0.431. The minimum atomic E-state index is -4.36. The fraction of sp³-hybridized carbons (Fsp3) is 0.280. The van der Waals surface area contributed by atoms with Gasteiger partial charge in [0.15, 0.2) is 11.6 Å². The zero-order valence-corrected chi connectivity index (χ0v) is 21.1. The van der Waals surface area contributed by atoms with Gasteiger partial charge in [0.1, 0.15) is 24.0 Å². The first-order valence-electron chi connectivity index (χ1n) is 11.9. The maximum Gasteiger partial charge on any atom is 0.275 e. The topological polar surface area (TPSA) is 206 Å². The highest BCUT2D eigenvalue weighted by atomic mass is 32.2. The van der Waals surface area contributed by atoms with Crippen molar-refractivity contribution >= 4 is 27.7 Å². The Balaban J connectivity index is 1.75. The van der Waals surface area contributed by atoms with Gasteiger partial charge in [-0.3, -0.25) is 15.0 Å². The Kier molecular flexibility index (Phi) is 8.32. The number of ketones is 1. The van der Waals surface area contributed by atoms with Gasteiger partial charge in [0.25, 0.3) is 16.1 Å². The van der Waals surface area contributed by atoms with E-state index < -0.39 is 46.0 Å². The fourth-order valence-electron chi connectivity index (χ4n) is 4.54. The van der Waals surface area contributed by atoms with E-state index in [1.54, 1.807) is 60.7 Å². The number of aromatic nitrogens is 1. The first kappa shape index (κ1) is 27.1. The Hall–Kier alpha value is -3.91. The van der Waals surface area contributed by atoms with E-state index in [-0.39, 0.29) is 17.4 Å². The minimum Gasteiger partial charge on any atom is -0.442 e. The highest BCUT2D eigenvalue weighted by Gasteiger charge is 2.38. The van der Waals surface area contributed by atoms with E-state index in [0.717, 1.165) is 12.7 Å². The average molecular weight is 540 g/mol. The van der Waals surface area contributed by atoms with Gasteiger partial charge in [0, 0.05) is 5.92 Å². The third-order valence-corrected chi connectivity index (χ3v) is 6.83. The summed E-state index contributed by atoms with van der Waals surface area (Å²) < 4.78 is 31.9. The number of hydrogen-bond donors (Lipinski definition) is 6. The Morgan fingerprint density at radius 3 is 2.16 bits per heavy atom. The number of benzene rings is 2. The minimum absolute atomic E-state index is 0.0348. The molecule has 1 aromatic heterocycles. The number of amides is 1. The molecule has 2 aromatic carbocycles. The Morgan fingerprint density at radius 1 is 1.08 bits per heavy atom. The van der Waals surface area contributed by atoms with E-state index in [2.05, 4.69) is 20.3 Å². The van der Waals surface area contributed by atoms with Gasteiger partial charge in [0.2, 0.25) is 5.91 Å². The van der Waals surface area contributed by atoms with Gasteiger partial charge < -0.3 is 20.8 Å². The average Bonchev–Trinajstić information content (AvgIpc) is 3.60. The SMILES string of the molecule is N=C(N)c1nc(C(NC(=O)[C@H](NS(N)(=O)=O)C(c2ccccc2)c2ccccc2)C(=O)[C@@H]2CCCN2)co1. The highest BCUT2D eigenvalue weighted by molar-refractivity contribution is 7.87. The van der Waals surface area contributed by atoms with Crippen LogP contribution in [0.1, 0.15) is 47.5 Å². The Morgan fingerprint density at radius 2 is 1.68 bits per heavy atom. The molecule has 3 aromatic rings. The molecule has 3 atom stereocenters. The van der Waals surface area contributed by atoms with E-state index in [1.165, 1.54) is 0 Å². The number of amidine groups is 1. The molecular formula is C25H29N7O5S. The molecule has 0 aliphatic carbocycles. The molecule has 0 bridgehead atoms. The van der Waals surface area contributed by atoms with Crippen molar-refractivity contribution in [1.29, 1.82) is 5.41 Å². The van der Waals surface area contributed by atoms with Crippen molar-refractivity contribution in [2.24, 2.45) is 10.9 Å². The lowest BCUT2D eigenvalue weighted by Gasteiger charge is -2.29. The summed E-state index contributed by atoms with van der Waals surface area (Å²) in [5.41, 5.74) is 6.80. The van der Waals surface area contributed by atoms with Crippen LogP contribution < -0.4 is 26.2 Å². The summed E-state index contributed by atoms with van der Waals surface area (Å²) in [6, 6.07) is 14.5. The van der Waals surface area contributed by atoms with Crippen LogP contribution in [0.25, 0.3) is 0 Å². The van der Waals surface area contributed by atoms with Crippen molar-refractivity contribution in [3.8, 4) is 0 Å². The number of nitrogens with zero attached hydrogens (tertiary/aromatic N) is 1. The zero-order valence-electron chi connectivity index (χ0n) is 20.3. The number of hydrogen-bond acceptors (Lipinski definition) is 8. The second-order valence-corrected chi connectivity index (χ2v) is 10.2. The first-order chi connectivity index (χ1) is 18.1. The number of carbonyl (C=O) groups excluding carboxylic acids is 2. The van der Waals surface area contributed by atoms with Crippen molar-refractivity contribution in [2.45, 2.75) is 36.9 Å². The number of nitrogens with two attached hydrogens (primary N) is 2. The number of carbonyl (C=O) groups is 2. The van der Waals surface area contributed by atoms with Crippen LogP contribution in [0, 0.1) is 5.41 Å². The summed E-state index contributed by atoms with van der Waals surface area (Å²) in [6.45, 7) is 0.633. The van der Waals surface area contributed by atoms with E-state index >= 15 is 0 Å². The molecule has 1 saturated heterocycles. The fourth-order valence-corrected chi connectivity index (χ4v) is 5.14. The van der Waals surface area contributed by atoms with Crippen molar-refractivity contribution in [3.63, 3.8) is 0 Å². The summed E-state index contributed by atoms with van der Waals surface area (Å²) in [7, 11) is -4.36. The molecule has 13 heteroatoms. The molecule has 0 radical (unpaired) electrons. The van der Waals surface area contributed by atoms with Gasteiger partial charge in [-0.1, -0.05) is 60.7 Å². The van der Waals surface area contributed by atoms with Crippen LogP contribution in [0.2, 0.25) is 0 Å². The van der Waals surface area contributed by atoms with E-state index in [1.807, 2.05) is 0 Å². The lowest BCUT2D eigenvalue weighted by molar-refractivity contribution is -0.130. The summed E-state index contributed by atoms with van der Waals surface area (Å²) in [5, 5.41) is 18.7. The summed E-state index contributed by atoms with van der Waals surface area (Å²) in [4.78, 5) is 31.4. The molecule has 1 aliphatic rings. The maximum atomic E-state index is 13.9. The molecule has 8 N–H and O–H groups in total. The van der Waals surface area contributed by atoms with Crippen LogP contribution in [-0.2, 0) is 19.8 Å². The molecule has 38 heavy (non-hydrogen) atoms. The van der Waals surface area contributed by atoms with Crippen molar-refractivity contribution in [2.75, 3.05) is 6.54 Å². The standard InChI is InChI=1S/C25H29N7O5S/c26-23(27)25-30-18(14-37-25)20(22(33)17-12-7-13-29-17)31-24(34)21(32-38(28,35)36)19(15-8-3-1-4-9-15)16-10-5-2-6-11-16/h1-6,8-11,14,17,19-21,29,32H,7,12-13H2,(H3,26,27)(H,31,34)(H2,28,35,36)/t17-,20?,21+/m0/s1. The Labute approximate surface area is 219 Å². The predicted molar refractivity (Wildman–Crippen MR) is 139 cm³/mol. The first-order valence-corrected chi connectivity index (χ1v) is 13.5. The lowest BCUT2D eigenvalue weighted by atomic mass is 9.84. The van der Waals surface area contributed by atoms with E-state index in [4.69, 9.17) is 20.7 Å². The monoisotopic (exact) mass is 539 g/mol. The molecule has 1 aliphatic heterocycles. The van der Waals surface area contributed by atoms with Gasteiger partial charge in [-0.2, -0.15) is 13.1 Å². The number of oxazole rings is 1. The quantitative estimate of drug-likeness (QED) is 0.148. The second kappa shape index (κ2) is 11.6. The van der Waals surface area contributed by atoms with Crippen LogP contribution in [0.15, 0.2) is 71.3 Å². The highest BCUT2D eigenvalue weighted by Crippen LogP contribution is 2.29. The molecule has 1 fully saturated rings. The maximum absolute atomic E-state index is 13.9. The van der Waals surface area contributed by atoms with Crippen LogP contribution in [0.4, 0.5) is 0 Å². The molecule has 200 valence electrons. The third-order valence-electron chi connectivity index (χ3n) is 6.25. The molecule has 1 amide bonds. The van der Waals surface area contributed by atoms with E-state index in [9.17, 15) is 18.0 Å². The normalized spacial score (nSPS) is 17.2. The van der Waals surface area contributed by atoms with Gasteiger partial charge in [-0.15, -0.1) is 0 Å². The molecule has 4 rings (SSSR count). The van der Waals surface area contributed by atoms with Crippen molar-refractivity contribution in [3.05, 3.63) is 89.6 Å². The third kappa shape index (κ3) is 6.50. The van der Waals surface area contributed by atoms with Crippen molar-refractivity contribution < 1.29 is 22.4 Å². The van der Waals surface area contributed by atoms with Gasteiger partial charge in [-0.05, 0) is 30.5 Å². The lowest BCUT2D eigenvalue weighted by Crippen LogP contribution is -2.54. The zero-order chi connectivity index (χ0) is 27.3. The number of rotatable bonds is 11. The van der Waals surface area contributed by atoms with Gasteiger partial charge in [-0.25, -0.2) is 10.1 Å². The molecule has 1 unspecified atom stereocenters. The van der Waals surface area contributed by atoms with E-state index in [0.29, 0.717) is 24.1 Å². The number of Topliss-reactive ketones (excluding diaryl/α,β-unsaturated/α-hetero) is 1. The van der Waals surface area contributed by atoms with Crippen LogP contribution >= 0.6 is 0 Å². The van der Waals surface area contributed by atoms with Crippen LogP contribution in [0.3, 0.4) is 0 Å². The molecule has 12 nitrogen and oxygen atoms in total. The largest absolute Gasteiger partial charge is 0.442 e. The van der Waals surface area contributed by atoms with Crippen LogP contribution in [-0.4, -0.2) is 49.6 Å². The second-order valence-electron chi connectivity index (χ2n) is 8.92. The van der Waals surface area contributed by atoms with Gasteiger partial charge in [0.05, 0.1) is 6.04 Å². The van der Waals surface area contributed by atoms with Crippen molar-refractivity contribution in [1.82, 2.24) is 20.3 Å². The number of nitrogens with one attached hydrogen (secondary N) is 4. The molecule has 0 spiro atoms. The smallest absolute Gasteiger partial charge is 0.275 e. The molecular weight excluding hydrogens is 510 g/mol. The van der Waals surface area contributed by atoms with Gasteiger partial charge >= 0.3 is 0 Å². The number of nitrogen functional groups attached to an aromatic ring is 1. The molecule has 2 heterocycles. The van der Waals surface area contributed by atoms with Crippen LogP contribution in [0.5, 0.6) is 0 Å². The summed E-state index contributed by atoms with van der Waals surface area (Å²) >= 11 is 0. The Bertz CT molecular complexity index is 1350. The molecule has 0 saturated carbocycles. The summed E-state index contributed by atoms with van der Waals surface area (Å²) in [6.07, 6.45) is 2.47. The summed E-state index contributed by atoms with van der Waals surface area (Å²) in [5.74, 6) is -2.64.